The highest BCUT2D eigenvalue weighted by molar-refractivity contribution is 5.83. The molecule has 3 aromatic carbocycles. The van der Waals surface area contributed by atoms with Gasteiger partial charge in [-0.1, -0.05) is 61.9 Å². The van der Waals surface area contributed by atoms with E-state index in [1.807, 2.05) is 0 Å². The van der Waals surface area contributed by atoms with E-state index in [0.29, 0.717) is 0 Å². The molecule has 0 radical (unpaired) electrons. The molecule has 1 nitrogen and oxygen atoms in total. The van der Waals surface area contributed by atoms with E-state index in [1.165, 1.54) is 44.8 Å². The van der Waals surface area contributed by atoms with Crippen molar-refractivity contribution in [1.82, 2.24) is 0 Å². The van der Waals surface area contributed by atoms with Gasteiger partial charge in [-0.15, -0.1) is 0 Å². The van der Waals surface area contributed by atoms with Gasteiger partial charge >= 0.3 is 0 Å². The second kappa shape index (κ2) is 5.49. The van der Waals surface area contributed by atoms with Crippen molar-refractivity contribution in [3.05, 3.63) is 82.9 Å². The van der Waals surface area contributed by atoms with E-state index >= 15 is 0 Å². The highest BCUT2D eigenvalue weighted by Crippen LogP contribution is 2.49. The van der Waals surface area contributed by atoms with Crippen LogP contribution < -0.4 is 4.90 Å². The zero-order valence-corrected chi connectivity index (χ0v) is 15.7. The van der Waals surface area contributed by atoms with Crippen molar-refractivity contribution in [2.75, 3.05) is 11.9 Å². The van der Waals surface area contributed by atoms with E-state index in [4.69, 9.17) is 0 Å². The fourth-order valence-corrected chi connectivity index (χ4v) is 4.22. The van der Waals surface area contributed by atoms with Crippen molar-refractivity contribution in [2.45, 2.75) is 33.1 Å². The molecule has 1 aliphatic carbocycles. The molecule has 0 fully saturated rings. The van der Waals surface area contributed by atoms with Gasteiger partial charge in [0.15, 0.2) is 0 Å². The normalized spacial score (nSPS) is 14.1. The van der Waals surface area contributed by atoms with E-state index < -0.39 is 0 Å². The lowest BCUT2D eigenvalue weighted by atomic mass is 9.82. The predicted octanol–water partition coefficient (Wildman–Crippen LogP) is 6.38. The second-order valence-corrected chi connectivity index (χ2v) is 7.75. The summed E-state index contributed by atoms with van der Waals surface area (Å²) in [6, 6.07) is 22.4. The van der Waals surface area contributed by atoms with E-state index in [-0.39, 0.29) is 5.41 Å². The van der Waals surface area contributed by atoms with Crippen LogP contribution in [0, 0.1) is 13.8 Å². The Morgan fingerprint density at radius 2 is 1.48 bits per heavy atom. The Morgan fingerprint density at radius 3 is 2.24 bits per heavy atom. The molecule has 0 N–H and O–H groups in total. The van der Waals surface area contributed by atoms with E-state index in [0.717, 1.165) is 0 Å². The number of aryl methyl sites for hydroxylation is 2. The molecule has 0 spiro atoms. The zero-order valence-electron chi connectivity index (χ0n) is 15.7. The molecule has 0 aromatic heterocycles. The molecule has 25 heavy (non-hydrogen) atoms. The van der Waals surface area contributed by atoms with Crippen LogP contribution in [-0.2, 0) is 5.41 Å². The Labute approximate surface area is 150 Å². The first-order valence-electron chi connectivity index (χ1n) is 8.95. The second-order valence-electron chi connectivity index (χ2n) is 7.75. The quantitative estimate of drug-likeness (QED) is 0.528. The van der Waals surface area contributed by atoms with Crippen molar-refractivity contribution in [2.24, 2.45) is 0 Å². The van der Waals surface area contributed by atoms with Gasteiger partial charge in [0.2, 0.25) is 0 Å². The first-order valence-corrected chi connectivity index (χ1v) is 8.95. The lowest BCUT2D eigenvalue weighted by Crippen LogP contribution is -2.16. The van der Waals surface area contributed by atoms with Crippen LogP contribution in [0.25, 0.3) is 11.1 Å². The minimum absolute atomic E-state index is 0.0467. The molecule has 1 heteroatoms. The maximum Gasteiger partial charge on any atom is 0.0437 e. The Hall–Kier alpha value is -2.54. The first-order chi connectivity index (χ1) is 11.9. The third kappa shape index (κ3) is 2.38. The molecule has 126 valence electrons. The van der Waals surface area contributed by atoms with Crippen LogP contribution in [0.2, 0.25) is 0 Å². The average molecular weight is 327 g/mol. The Bertz CT molecular complexity index is 966. The van der Waals surface area contributed by atoms with Gasteiger partial charge in [0, 0.05) is 23.8 Å². The summed E-state index contributed by atoms with van der Waals surface area (Å²) in [4.78, 5) is 2.30. The molecule has 0 heterocycles. The highest BCUT2D eigenvalue weighted by Gasteiger charge is 2.35. The minimum atomic E-state index is 0.0467. The van der Waals surface area contributed by atoms with Gasteiger partial charge in [-0.3, -0.25) is 0 Å². The van der Waals surface area contributed by atoms with Crippen molar-refractivity contribution in [3.8, 4) is 11.1 Å². The van der Waals surface area contributed by atoms with Gasteiger partial charge in [0.25, 0.3) is 0 Å². The lowest BCUT2D eigenvalue weighted by Gasteiger charge is -2.26. The van der Waals surface area contributed by atoms with Gasteiger partial charge < -0.3 is 4.90 Å². The summed E-state index contributed by atoms with van der Waals surface area (Å²) in [5.41, 5.74) is 10.8. The summed E-state index contributed by atoms with van der Waals surface area (Å²) < 4.78 is 0. The molecular weight excluding hydrogens is 302 g/mol. The largest absolute Gasteiger partial charge is 0.344 e. The van der Waals surface area contributed by atoms with Crippen LogP contribution in [0.5, 0.6) is 0 Å². The molecule has 0 bridgehead atoms. The molecule has 0 saturated heterocycles. The smallest absolute Gasteiger partial charge is 0.0437 e. The van der Waals surface area contributed by atoms with Crippen LogP contribution in [0.1, 0.15) is 36.1 Å². The number of hydrogen-bond acceptors (Lipinski definition) is 1. The van der Waals surface area contributed by atoms with Crippen LogP contribution in [0.3, 0.4) is 0 Å². The van der Waals surface area contributed by atoms with Gasteiger partial charge in [-0.05, 0) is 59.9 Å². The van der Waals surface area contributed by atoms with E-state index in [9.17, 15) is 0 Å². The Balaban J connectivity index is 1.82. The van der Waals surface area contributed by atoms with Crippen molar-refractivity contribution >= 4 is 11.4 Å². The minimum Gasteiger partial charge on any atom is -0.344 e. The molecule has 4 rings (SSSR count). The summed E-state index contributed by atoms with van der Waals surface area (Å²) in [6.45, 7) is 9.00. The van der Waals surface area contributed by atoms with Crippen LogP contribution in [0.15, 0.2) is 60.7 Å². The zero-order chi connectivity index (χ0) is 17.8. The SMILES string of the molecule is Cc1ccc(N(C)c2ccc3c(c2)C(C)(C)c2ccccc2-3)c(C)c1. The maximum absolute atomic E-state index is 2.37. The van der Waals surface area contributed by atoms with Crippen LogP contribution in [0.4, 0.5) is 11.4 Å². The molecule has 0 amide bonds. The molecule has 0 unspecified atom stereocenters. The number of fused-ring (bicyclic) bond motifs is 3. The fourth-order valence-electron chi connectivity index (χ4n) is 4.22. The predicted molar refractivity (Wildman–Crippen MR) is 108 cm³/mol. The van der Waals surface area contributed by atoms with E-state index in [2.05, 4.69) is 100 Å². The third-order valence-electron chi connectivity index (χ3n) is 5.67. The standard InChI is InChI=1S/C24H25N/c1-16-10-13-23(17(2)14-16)25(5)18-11-12-20-19-8-6-7-9-21(19)24(3,4)22(20)15-18/h6-15H,1-5H3. The monoisotopic (exact) mass is 327 g/mol. The van der Waals surface area contributed by atoms with Gasteiger partial charge in [-0.25, -0.2) is 0 Å². The van der Waals surface area contributed by atoms with Crippen LogP contribution >= 0.6 is 0 Å². The molecular formula is C24H25N. The highest BCUT2D eigenvalue weighted by atomic mass is 15.1. The van der Waals surface area contributed by atoms with Crippen LogP contribution in [-0.4, -0.2) is 7.05 Å². The molecule has 3 aromatic rings. The number of benzene rings is 3. The molecule has 0 aliphatic heterocycles. The van der Waals surface area contributed by atoms with Crippen molar-refractivity contribution in [3.63, 3.8) is 0 Å². The topological polar surface area (TPSA) is 3.24 Å². The van der Waals surface area contributed by atoms with Crippen molar-refractivity contribution < 1.29 is 0 Å². The lowest BCUT2D eigenvalue weighted by molar-refractivity contribution is 0.660. The summed E-state index contributed by atoms with van der Waals surface area (Å²) >= 11 is 0. The fraction of sp³-hybridized carbons (Fsp3) is 0.250. The van der Waals surface area contributed by atoms with Gasteiger partial charge in [0.1, 0.15) is 0 Å². The molecule has 0 atom stereocenters. The average Bonchev–Trinajstić information content (AvgIpc) is 2.82. The number of rotatable bonds is 2. The van der Waals surface area contributed by atoms with Gasteiger partial charge in [0.05, 0.1) is 0 Å². The Morgan fingerprint density at radius 1 is 0.760 bits per heavy atom. The first kappa shape index (κ1) is 16.0. The summed E-state index contributed by atoms with van der Waals surface area (Å²) in [6.07, 6.45) is 0. The maximum atomic E-state index is 2.37. The van der Waals surface area contributed by atoms with E-state index in [1.54, 1.807) is 0 Å². The molecule has 0 saturated carbocycles. The molecule has 1 aliphatic rings. The van der Waals surface area contributed by atoms with Gasteiger partial charge in [-0.2, -0.15) is 0 Å². The number of hydrogen-bond donors (Lipinski definition) is 0. The third-order valence-corrected chi connectivity index (χ3v) is 5.67. The number of anilines is 2. The summed E-state index contributed by atoms with van der Waals surface area (Å²) in [7, 11) is 2.16. The Kier molecular flexibility index (Phi) is 3.50. The number of nitrogens with zero attached hydrogens (tertiary/aromatic N) is 1. The summed E-state index contributed by atoms with van der Waals surface area (Å²) in [5.74, 6) is 0. The summed E-state index contributed by atoms with van der Waals surface area (Å²) in [5, 5.41) is 0. The van der Waals surface area contributed by atoms with Crippen molar-refractivity contribution in [1.29, 1.82) is 0 Å².